The Labute approximate surface area is 124 Å². The van der Waals surface area contributed by atoms with E-state index in [0.29, 0.717) is 16.7 Å². The van der Waals surface area contributed by atoms with Crippen LogP contribution >= 0.6 is 23.6 Å². The molecule has 0 saturated heterocycles. The van der Waals surface area contributed by atoms with E-state index in [9.17, 15) is 4.79 Å². The highest BCUT2D eigenvalue weighted by Gasteiger charge is 2.12. The number of nitrogens with zero attached hydrogens (tertiary/aromatic N) is 1. The summed E-state index contributed by atoms with van der Waals surface area (Å²) in [5.41, 5.74) is 1.91. The molecular formula is C15H12N2OS2. The smallest absolute Gasteiger partial charge is 0.263 e. The van der Waals surface area contributed by atoms with Gasteiger partial charge in [-0.2, -0.15) is 0 Å². The van der Waals surface area contributed by atoms with Crippen molar-refractivity contribution >= 4 is 33.8 Å². The SMILES string of the molecule is C=CCn1c(=S)[nH]c2scc(-c3ccccc3)c2c1=O. The van der Waals surface area contributed by atoms with Gasteiger partial charge in [0.1, 0.15) is 4.83 Å². The van der Waals surface area contributed by atoms with Crippen molar-refractivity contribution in [2.45, 2.75) is 6.54 Å². The van der Waals surface area contributed by atoms with Gasteiger partial charge in [0.2, 0.25) is 0 Å². The molecule has 0 bridgehead atoms. The maximum atomic E-state index is 12.6. The second kappa shape index (κ2) is 5.19. The molecule has 0 unspecified atom stereocenters. The number of nitrogens with one attached hydrogen (secondary N) is 1. The molecule has 0 aliphatic carbocycles. The molecule has 5 heteroatoms. The Kier molecular flexibility index (Phi) is 3.38. The Balaban J connectivity index is 2.37. The molecule has 20 heavy (non-hydrogen) atoms. The molecule has 2 aromatic heterocycles. The van der Waals surface area contributed by atoms with Crippen molar-refractivity contribution in [1.29, 1.82) is 0 Å². The van der Waals surface area contributed by atoms with Crippen molar-refractivity contribution in [2.24, 2.45) is 0 Å². The van der Waals surface area contributed by atoms with Crippen LogP contribution in [0.15, 0.2) is 53.2 Å². The first kappa shape index (κ1) is 13.0. The van der Waals surface area contributed by atoms with E-state index in [-0.39, 0.29) is 5.56 Å². The Morgan fingerprint density at radius 2 is 2.10 bits per heavy atom. The molecule has 0 aliphatic heterocycles. The Bertz CT molecular complexity index is 888. The van der Waals surface area contributed by atoms with Gasteiger partial charge < -0.3 is 4.98 Å². The van der Waals surface area contributed by atoms with Gasteiger partial charge in [-0.1, -0.05) is 36.4 Å². The van der Waals surface area contributed by atoms with Gasteiger partial charge in [-0.3, -0.25) is 9.36 Å². The molecule has 1 N–H and O–H groups in total. The van der Waals surface area contributed by atoms with Gasteiger partial charge in [-0.05, 0) is 17.8 Å². The van der Waals surface area contributed by atoms with Crippen LogP contribution in [0.3, 0.4) is 0 Å². The zero-order valence-corrected chi connectivity index (χ0v) is 12.3. The third-order valence-electron chi connectivity index (χ3n) is 3.11. The van der Waals surface area contributed by atoms with Crippen molar-refractivity contribution in [2.75, 3.05) is 0 Å². The predicted molar refractivity (Wildman–Crippen MR) is 86.9 cm³/mol. The fraction of sp³-hybridized carbons (Fsp3) is 0.0667. The highest BCUT2D eigenvalue weighted by Crippen LogP contribution is 2.30. The van der Waals surface area contributed by atoms with Crippen LogP contribution in [-0.2, 0) is 6.54 Å². The van der Waals surface area contributed by atoms with Crippen LogP contribution in [0.2, 0.25) is 0 Å². The van der Waals surface area contributed by atoms with Gasteiger partial charge in [0.05, 0.1) is 5.39 Å². The Morgan fingerprint density at radius 3 is 2.80 bits per heavy atom. The van der Waals surface area contributed by atoms with E-state index in [1.165, 1.54) is 15.9 Å². The molecule has 3 nitrogen and oxygen atoms in total. The molecule has 3 rings (SSSR count). The highest BCUT2D eigenvalue weighted by atomic mass is 32.1. The summed E-state index contributed by atoms with van der Waals surface area (Å²) in [5.74, 6) is 0. The summed E-state index contributed by atoms with van der Waals surface area (Å²) in [4.78, 5) is 16.6. The van der Waals surface area contributed by atoms with Crippen molar-refractivity contribution in [1.82, 2.24) is 9.55 Å². The van der Waals surface area contributed by atoms with Gasteiger partial charge >= 0.3 is 0 Å². The van der Waals surface area contributed by atoms with E-state index in [4.69, 9.17) is 12.2 Å². The quantitative estimate of drug-likeness (QED) is 0.587. The van der Waals surface area contributed by atoms with Gasteiger partial charge in [0, 0.05) is 17.5 Å². The average molecular weight is 300 g/mol. The number of benzene rings is 1. The first-order valence-corrected chi connectivity index (χ1v) is 7.42. The summed E-state index contributed by atoms with van der Waals surface area (Å²) in [7, 11) is 0. The molecule has 0 atom stereocenters. The third-order valence-corrected chi connectivity index (χ3v) is 4.33. The number of hydrogen-bond donors (Lipinski definition) is 1. The van der Waals surface area contributed by atoms with Crippen LogP contribution in [0.4, 0.5) is 0 Å². The average Bonchev–Trinajstić information content (AvgIpc) is 2.88. The van der Waals surface area contributed by atoms with Crippen LogP contribution in [-0.4, -0.2) is 9.55 Å². The second-order valence-corrected chi connectivity index (χ2v) is 5.62. The summed E-state index contributed by atoms with van der Waals surface area (Å²) in [6.45, 7) is 4.08. The summed E-state index contributed by atoms with van der Waals surface area (Å²) in [6, 6.07) is 9.89. The van der Waals surface area contributed by atoms with Crippen molar-refractivity contribution < 1.29 is 0 Å². The van der Waals surface area contributed by atoms with E-state index >= 15 is 0 Å². The summed E-state index contributed by atoms with van der Waals surface area (Å²) in [6.07, 6.45) is 1.67. The van der Waals surface area contributed by atoms with Crippen LogP contribution in [0.25, 0.3) is 21.3 Å². The lowest BCUT2D eigenvalue weighted by atomic mass is 10.1. The number of allylic oxidation sites excluding steroid dienone is 1. The number of aromatic amines is 1. The lowest BCUT2D eigenvalue weighted by Gasteiger charge is -2.04. The Morgan fingerprint density at radius 1 is 1.35 bits per heavy atom. The van der Waals surface area contributed by atoms with E-state index in [1.807, 2.05) is 35.7 Å². The van der Waals surface area contributed by atoms with Crippen LogP contribution < -0.4 is 5.56 Å². The van der Waals surface area contributed by atoms with E-state index in [0.717, 1.165) is 16.0 Å². The van der Waals surface area contributed by atoms with Crippen molar-refractivity contribution in [3.05, 3.63) is 63.5 Å². The summed E-state index contributed by atoms with van der Waals surface area (Å²) < 4.78 is 1.97. The molecule has 0 saturated carbocycles. The third kappa shape index (κ3) is 2.05. The van der Waals surface area contributed by atoms with Gasteiger partial charge in [0.25, 0.3) is 5.56 Å². The van der Waals surface area contributed by atoms with Crippen LogP contribution in [0.5, 0.6) is 0 Å². The van der Waals surface area contributed by atoms with Crippen LogP contribution in [0, 0.1) is 4.77 Å². The first-order chi connectivity index (χ1) is 9.72. The molecule has 1 aromatic carbocycles. The highest BCUT2D eigenvalue weighted by molar-refractivity contribution is 7.71. The largest absolute Gasteiger partial charge is 0.323 e. The maximum Gasteiger partial charge on any atom is 0.263 e. The summed E-state index contributed by atoms with van der Waals surface area (Å²) >= 11 is 6.73. The monoisotopic (exact) mass is 300 g/mol. The van der Waals surface area contributed by atoms with Crippen LogP contribution in [0.1, 0.15) is 0 Å². The Hall–Kier alpha value is -1.98. The number of thiophene rings is 1. The molecule has 100 valence electrons. The summed E-state index contributed by atoms with van der Waals surface area (Å²) in [5, 5.41) is 2.68. The topological polar surface area (TPSA) is 37.8 Å². The van der Waals surface area contributed by atoms with E-state index in [2.05, 4.69) is 11.6 Å². The lowest BCUT2D eigenvalue weighted by molar-refractivity contribution is 0.754. The minimum atomic E-state index is -0.0660. The second-order valence-electron chi connectivity index (χ2n) is 4.35. The maximum absolute atomic E-state index is 12.6. The molecule has 2 heterocycles. The molecule has 3 aromatic rings. The minimum Gasteiger partial charge on any atom is -0.323 e. The molecule has 0 fully saturated rings. The standard InChI is InChI=1S/C15H12N2OS2/c1-2-8-17-14(18)12-11(10-6-4-3-5-7-10)9-20-13(12)16-15(17)19/h2-7,9H,1,8H2,(H,16,19). The fourth-order valence-electron chi connectivity index (χ4n) is 2.18. The van der Waals surface area contributed by atoms with Gasteiger partial charge in [0.15, 0.2) is 4.77 Å². The first-order valence-electron chi connectivity index (χ1n) is 6.13. The molecule has 0 radical (unpaired) electrons. The predicted octanol–water partition coefficient (Wildman–Crippen LogP) is 3.97. The van der Waals surface area contributed by atoms with Gasteiger partial charge in [-0.25, -0.2) is 0 Å². The number of rotatable bonds is 3. The van der Waals surface area contributed by atoms with E-state index in [1.54, 1.807) is 6.08 Å². The molecule has 0 amide bonds. The van der Waals surface area contributed by atoms with Crippen molar-refractivity contribution in [3.8, 4) is 11.1 Å². The number of H-pyrrole nitrogens is 1. The zero-order chi connectivity index (χ0) is 14.1. The number of hydrogen-bond acceptors (Lipinski definition) is 3. The molecular weight excluding hydrogens is 288 g/mol. The number of aromatic nitrogens is 2. The van der Waals surface area contributed by atoms with Gasteiger partial charge in [-0.15, -0.1) is 17.9 Å². The minimum absolute atomic E-state index is 0.0660. The molecule has 0 spiro atoms. The fourth-order valence-corrected chi connectivity index (χ4v) is 3.46. The molecule has 0 aliphatic rings. The van der Waals surface area contributed by atoms with E-state index < -0.39 is 0 Å². The lowest BCUT2D eigenvalue weighted by Crippen LogP contribution is -2.21. The zero-order valence-electron chi connectivity index (χ0n) is 10.6. The number of fused-ring (bicyclic) bond motifs is 1. The van der Waals surface area contributed by atoms with Crippen molar-refractivity contribution in [3.63, 3.8) is 0 Å². The normalized spacial score (nSPS) is 10.8.